The molecule has 0 aromatic heterocycles. The molecule has 0 aliphatic rings. The standard InChI is InChI=1S/C17H13NO7/c19-9-13-3-1-2-4-16(13)24-11-17(21)25-10-15(20)12-5-7-14(8-6-12)18(22)23/h1-9H,10-11H2. The number of benzene rings is 2. The first-order valence-corrected chi connectivity index (χ1v) is 7.11. The number of Topliss-reactive ketones (excluding diaryl/α,β-unsaturated/α-hetero) is 1. The number of hydrogen-bond donors (Lipinski definition) is 0. The van der Waals surface area contributed by atoms with E-state index in [9.17, 15) is 24.5 Å². The minimum atomic E-state index is -0.782. The smallest absolute Gasteiger partial charge is 0.344 e. The fraction of sp³-hybridized carbons (Fsp3) is 0.118. The van der Waals surface area contributed by atoms with Crippen LogP contribution in [0.5, 0.6) is 5.75 Å². The molecule has 2 rings (SSSR count). The maximum absolute atomic E-state index is 11.9. The number of nitrogens with zero attached hydrogens (tertiary/aromatic N) is 1. The van der Waals surface area contributed by atoms with Gasteiger partial charge in [-0.1, -0.05) is 12.1 Å². The number of hydrogen-bond acceptors (Lipinski definition) is 7. The first-order chi connectivity index (χ1) is 12.0. The van der Waals surface area contributed by atoms with Crippen LogP contribution >= 0.6 is 0 Å². The molecule has 0 aliphatic heterocycles. The Morgan fingerprint density at radius 1 is 1.04 bits per heavy atom. The Bertz CT molecular complexity index is 799. The van der Waals surface area contributed by atoms with E-state index in [1.165, 1.54) is 36.4 Å². The summed E-state index contributed by atoms with van der Waals surface area (Å²) < 4.78 is 9.97. The first kappa shape index (κ1) is 17.8. The highest BCUT2D eigenvalue weighted by Gasteiger charge is 2.13. The van der Waals surface area contributed by atoms with Gasteiger partial charge in [0.05, 0.1) is 10.5 Å². The lowest BCUT2D eigenvalue weighted by atomic mass is 10.1. The van der Waals surface area contributed by atoms with E-state index >= 15 is 0 Å². The van der Waals surface area contributed by atoms with E-state index in [0.717, 1.165) is 0 Å². The van der Waals surface area contributed by atoms with Gasteiger partial charge in [0.15, 0.2) is 25.3 Å². The molecule has 0 amide bonds. The van der Waals surface area contributed by atoms with Gasteiger partial charge in [-0.3, -0.25) is 19.7 Å². The predicted molar refractivity (Wildman–Crippen MR) is 85.7 cm³/mol. The van der Waals surface area contributed by atoms with Gasteiger partial charge in [-0.05, 0) is 24.3 Å². The highest BCUT2D eigenvalue weighted by atomic mass is 16.6. The van der Waals surface area contributed by atoms with Crippen molar-refractivity contribution in [3.05, 3.63) is 69.8 Å². The molecule has 0 fully saturated rings. The Morgan fingerprint density at radius 3 is 2.36 bits per heavy atom. The molecule has 0 heterocycles. The molecule has 0 saturated carbocycles. The largest absolute Gasteiger partial charge is 0.481 e. The van der Waals surface area contributed by atoms with Gasteiger partial charge in [-0.2, -0.15) is 0 Å². The number of carbonyl (C=O) groups is 3. The zero-order valence-electron chi connectivity index (χ0n) is 12.9. The van der Waals surface area contributed by atoms with E-state index < -0.39 is 29.9 Å². The van der Waals surface area contributed by atoms with Crippen molar-refractivity contribution in [3.8, 4) is 5.75 Å². The number of nitro groups is 1. The molecule has 0 unspecified atom stereocenters. The average Bonchev–Trinajstić information content (AvgIpc) is 2.64. The van der Waals surface area contributed by atoms with Gasteiger partial charge in [-0.25, -0.2) is 4.79 Å². The summed E-state index contributed by atoms with van der Waals surface area (Å²) in [7, 11) is 0. The number of rotatable bonds is 8. The number of non-ortho nitro benzene ring substituents is 1. The minimum Gasteiger partial charge on any atom is -0.481 e. The molecule has 2 aromatic carbocycles. The van der Waals surface area contributed by atoms with E-state index in [4.69, 9.17) is 9.47 Å². The average molecular weight is 343 g/mol. The van der Waals surface area contributed by atoms with Crippen LogP contribution in [0.4, 0.5) is 5.69 Å². The van der Waals surface area contributed by atoms with Gasteiger partial charge >= 0.3 is 5.97 Å². The maximum Gasteiger partial charge on any atom is 0.344 e. The number of ether oxygens (including phenoxy) is 2. The molecule has 0 atom stereocenters. The van der Waals surface area contributed by atoms with Crippen molar-refractivity contribution in [2.75, 3.05) is 13.2 Å². The first-order valence-electron chi connectivity index (χ1n) is 7.11. The quantitative estimate of drug-likeness (QED) is 0.237. The van der Waals surface area contributed by atoms with Crippen LogP contribution in [0, 0.1) is 10.1 Å². The summed E-state index contributed by atoms with van der Waals surface area (Å²) in [5, 5.41) is 10.5. The molecule has 0 radical (unpaired) electrons. The highest BCUT2D eigenvalue weighted by molar-refractivity contribution is 5.98. The topological polar surface area (TPSA) is 113 Å². The molecule has 2 aromatic rings. The number of para-hydroxylation sites is 1. The number of ketones is 1. The molecular formula is C17H13NO7. The summed E-state index contributed by atoms with van der Waals surface area (Å²) in [6.45, 7) is -0.978. The molecule has 8 heteroatoms. The molecule has 128 valence electrons. The van der Waals surface area contributed by atoms with Crippen LogP contribution < -0.4 is 4.74 Å². The third-order valence-electron chi connectivity index (χ3n) is 3.16. The van der Waals surface area contributed by atoms with Crippen LogP contribution in [0.1, 0.15) is 20.7 Å². The second-order valence-corrected chi connectivity index (χ2v) is 4.83. The normalized spacial score (nSPS) is 9.92. The molecule has 8 nitrogen and oxygen atoms in total. The Balaban J connectivity index is 1.84. The molecule has 0 N–H and O–H groups in total. The zero-order chi connectivity index (χ0) is 18.2. The summed E-state index contributed by atoms with van der Waals surface area (Å²) in [5.74, 6) is -1.05. The Morgan fingerprint density at radius 2 is 1.72 bits per heavy atom. The summed E-state index contributed by atoms with van der Waals surface area (Å²) in [6.07, 6.45) is 0.596. The van der Waals surface area contributed by atoms with Crippen molar-refractivity contribution in [2.24, 2.45) is 0 Å². The van der Waals surface area contributed by atoms with Gasteiger partial charge < -0.3 is 9.47 Å². The zero-order valence-corrected chi connectivity index (χ0v) is 12.9. The van der Waals surface area contributed by atoms with Crippen LogP contribution in [0.2, 0.25) is 0 Å². The van der Waals surface area contributed by atoms with Crippen molar-refractivity contribution >= 4 is 23.7 Å². The lowest BCUT2D eigenvalue weighted by Gasteiger charge is -2.08. The van der Waals surface area contributed by atoms with Crippen LogP contribution in [0.3, 0.4) is 0 Å². The van der Waals surface area contributed by atoms with Crippen molar-refractivity contribution in [3.63, 3.8) is 0 Å². The molecule has 25 heavy (non-hydrogen) atoms. The Kier molecular flexibility index (Phi) is 5.94. The van der Waals surface area contributed by atoms with E-state index in [-0.39, 0.29) is 22.6 Å². The summed E-state index contributed by atoms with van der Waals surface area (Å²) in [4.78, 5) is 44.3. The monoisotopic (exact) mass is 343 g/mol. The van der Waals surface area contributed by atoms with Gasteiger partial charge in [0, 0.05) is 17.7 Å². The minimum absolute atomic E-state index is 0.143. The highest BCUT2D eigenvalue weighted by Crippen LogP contribution is 2.15. The lowest BCUT2D eigenvalue weighted by Crippen LogP contribution is -2.19. The Hall–Kier alpha value is -3.55. The molecule has 0 saturated heterocycles. The maximum atomic E-state index is 11.9. The van der Waals surface area contributed by atoms with E-state index in [0.29, 0.717) is 6.29 Å². The van der Waals surface area contributed by atoms with Gasteiger partial charge in [0.1, 0.15) is 5.75 Å². The second kappa shape index (κ2) is 8.34. The van der Waals surface area contributed by atoms with Gasteiger partial charge in [-0.15, -0.1) is 0 Å². The van der Waals surface area contributed by atoms with E-state index in [1.807, 2.05) is 0 Å². The number of aldehydes is 1. The number of esters is 1. The molecule has 0 aliphatic carbocycles. The second-order valence-electron chi connectivity index (χ2n) is 4.83. The SMILES string of the molecule is O=Cc1ccccc1OCC(=O)OCC(=O)c1ccc([N+](=O)[O-])cc1. The number of carbonyl (C=O) groups excluding carboxylic acids is 3. The Labute approximate surface area is 142 Å². The third-order valence-corrected chi connectivity index (χ3v) is 3.16. The van der Waals surface area contributed by atoms with Crippen LogP contribution in [0.15, 0.2) is 48.5 Å². The van der Waals surface area contributed by atoms with Gasteiger partial charge in [0.2, 0.25) is 0 Å². The van der Waals surface area contributed by atoms with Crippen molar-refractivity contribution in [2.45, 2.75) is 0 Å². The van der Waals surface area contributed by atoms with Crippen LogP contribution in [-0.4, -0.2) is 36.2 Å². The van der Waals surface area contributed by atoms with Crippen molar-refractivity contribution < 1.29 is 28.8 Å². The fourth-order valence-electron chi connectivity index (χ4n) is 1.89. The van der Waals surface area contributed by atoms with Crippen molar-refractivity contribution in [1.82, 2.24) is 0 Å². The molecular weight excluding hydrogens is 330 g/mol. The fourth-order valence-corrected chi connectivity index (χ4v) is 1.89. The molecule has 0 spiro atoms. The molecule has 0 bridgehead atoms. The lowest BCUT2D eigenvalue weighted by molar-refractivity contribution is -0.384. The van der Waals surface area contributed by atoms with Crippen LogP contribution in [-0.2, 0) is 9.53 Å². The summed E-state index contributed by atoms with van der Waals surface area (Å²) in [6, 6.07) is 11.3. The van der Waals surface area contributed by atoms with E-state index in [2.05, 4.69) is 0 Å². The predicted octanol–water partition coefficient (Wildman–Crippen LogP) is 2.21. The third kappa shape index (κ3) is 4.96. The van der Waals surface area contributed by atoms with E-state index in [1.54, 1.807) is 12.1 Å². The summed E-state index contributed by atoms with van der Waals surface area (Å²) >= 11 is 0. The summed E-state index contributed by atoms with van der Waals surface area (Å²) in [5.41, 5.74) is 0.332. The number of nitro benzene ring substituents is 1. The van der Waals surface area contributed by atoms with Crippen molar-refractivity contribution in [1.29, 1.82) is 0 Å². The van der Waals surface area contributed by atoms with Gasteiger partial charge in [0.25, 0.3) is 5.69 Å². The van der Waals surface area contributed by atoms with Crippen LogP contribution in [0.25, 0.3) is 0 Å².